The molecular formula is C26H19FN2OS2. The number of nitrogens with zero attached hydrogens (tertiary/aromatic N) is 2. The molecule has 0 bridgehead atoms. The zero-order chi connectivity index (χ0) is 22.2. The van der Waals surface area contributed by atoms with E-state index in [9.17, 15) is 9.18 Å². The van der Waals surface area contributed by atoms with Crippen molar-refractivity contribution in [1.82, 2.24) is 4.57 Å². The topological polar surface area (TPSA) is 25.2 Å². The highest BCUT2D eigenvalue weighted by Gasteiger charge is 2.33. The number of aryl methyl sites for hydroxylation is 1. The molecule has 0 N–H and O–H groups in total. The number of rotatable bonds is 4. The molecule has 0 unspecified atom stereocenters. The number of para-hydroxylation sites is 1. The maximum atomic E-state index is 13.3. The smallest absolute Gasteiger partial charge is 0.270 e. The van der Waals surface area contributed by atoms with Gasteiger partial charge in [-0.25, -0.2) is 4.39 Å². The summed E-state index contributed by atoms with van der Waals surface area (Å²) in [6, 6.07) is 22.4. The molecule has 1 saturated heterocycles. The highest BCUT2D eigenvalue weighted by molar-refractivity contribution is 8.27. The molecule has 0 aliphatic carbocycles. The fourth-order valence-corrected chi connectivity index (χ4v) is 5.20. The van der Waals surface area contributed by atoms with E-state index in [0.29, 0.717) is 15.8 Å². The lowest BCUT2D eigenvalue weighted by molar-refractivity contribution is -0.113. The first-order valence-corrected chi connectivity index (χ1v) is 11.4. The van der Waals surface area contributed by atoms with E-state index in [4.69, 9.17) is 12.2 Å². The molecule has 0 radical (unpaired) electrons. The fourth-order valence-electron chi connectivity index (χ4n) is 3.91. The maximum Gasteiger partial charge on any atom is 0.270 e. The van der Waals surface area contributed by atoms with Gasteiger partial charge in [0.1, 0.15) is 5.82 Å². The van der Waals surface area contributed by atoms with Gasteiger partial charge < -0.3 is 4.57 Å². The Morgan fingerprint density at radius 3 is 2.59 bits per heavy atom. The normalized spacial score (nSPS) is 15.3. The van der Waals surface area contributed by atoms with Crippen molar-refractivity contribution in [2.45, 2.75) is 13.5 Å². The molecule has 5 rings (SSSR count). The van der Waals surface area contributed by atoms with Gasteiger partial charge in [-0.15, -0.1) is 0 Å². The minimum Gasteiger partial charge on any atom is -0.342 e. The van der Waals surface area contributed by atoms with E-state index in [0.717, 1.165) is 33.3 Å². The van der Waals surface area contributed by atoms with Crippen LogP contribution in [0.5, 0.6) is 0 Å². The number of benzene rings is 3. The van der Waals surface area contributed by atoms with Gasteiger partial charge in [0.05, 0.1) is 10.6 Å². The molecule has 1 aromatic heterocycles. The molecule has 4 aromatic rings. The summed E-state index contributed by atoms with van der Waals surface area (Å²) in [7, 11) is 0. The number of thioether (sulfide) groups is 1. The average molecular weight is 459 g/mol. The molecule has 32 heavy (non-hydrogen) atoms. The Balaban J connectivity index is 1.52. The molecule has 0 spiro atoms. The first kappa shape index (κ1) is 20.7. The predicted octanol–water partition coefficient (Wildman–Crippen LogP) is 6.54. The van der Waals surface area contributed by atoms with E-state index in [1.54, 1.807) is 17.0 Å². The van der Waals surface area contributed by atoms with Crippen molar-refractivity contribution in [2.75, 3.05) is 4.90 Å². The van der Waals surface area contributed by atoms with Crippen LogP contribution in [0.15, 0.2) is 83.9 Å². The predicted molar refractivity (Wildman–Crippen MR) is 134 cm³/mol. The third-order valence-corrected chi connectivity index (χ3v) is 6.73. The van der Waals surface area contributed by atoms with Crippen LogP contribution in [0.3, 0.4) is 0 Å². The number of carbonyl (C=O) groups excluding carboxylic acids is 1. The van der Waals surface area contributed by atoms with Crippen molar-refractivity contribution in [3.63, 3.8) is 0 Å². The molecule has 1 aliphatic rings. The molecule has 0 atom stereocenters. The summed E-state index contributed by atoms with van der Waals surface area (Å²) in [5.41, 5.74) is 4.87. The third-order valence-electron chi connectivity index (χ3n) is 5.43. The standard InChI is InChI=1S/C26H19FN2OS2/c1-17-5-4-6-21(13-17)29-25(30)24(32-26(29)31)14-19-16-28(23-8-3-2-7-22(19)23)15-18-9-11-20(27)12-10-18/h2-14,16H,15H2,1H3/b24-14+. The number of aromatic nitrogens is 1. The van der Waals surface area contributed by atoms with Crippen molar-refractivity contribution in [3.05, 3.63) is 106 Å². The number of hydrogen-bond donors (Lipinski definition) is 0. The highest BCUT2D eigenvalue weighted by atomic mass is 32.2. The summed E-state index contributed by atoms with van der Waals surface area (Å²) < 4.78 is 15.9. The summed E-state index contributed by atoms with van der Waals surface area (Å²) in [6.07, 6.45) is 3.95. The first-order chi connectivity index (χ1) is 15.5. The van der Waals surface area contributed by atoms with Crippen LogP contribution >= 0.6 is 24.0 Å². The van der Waals surface area contributed by atoms with Gasteiger partial charge >= 0.3 is 0 Å². The number of thiocarbonyl (C=S) groups is 1. The summed E-state index contributed by atoms with van der Waals surface area (Å²) in [4.78, 5) is 15.4. The Bertz CT molecular complexity index is 1390. The maximum absolute atomic E-state index is 13.3. The molecule has 158 valence electrons. The Morgan fingerprint density at radius 1 is 1.03 bits per heavy atom. The van der Waals surface area contributed by atoms with Gasteiger partial charge in [0, 0.05) is 29.2 Å². The van der Waals surface area contributed by atoms with Crippen LogP contribution in [0.4, 0.5) is 10.1 Å². The average Bonchev–Trinajstić information content (AvgIpc) is 3.26. The van der Waals surface area contributed by atoms with Crippen LogP contribution in [0.1, 0.15) is 16.7 Å². The van der Waals surface area contributed by atoms with Crippen molar-refractivity contribution in [1.29, 1.82) is 0 Å². The largest absolute Gasteiger partial charge is 0.342 e. The van der Waals surface area contributed by atoms with Crippen LogP contribution in [0, 0.1) is 12.7 Å². The zero-order valence-electron chi connectivity index (χ0n) is 17.3. The van der Waals surface area contributed by atoms with Crippen LogP contribution < -0.4 is 4.90 Å². The van der Waals surface area contributed by atoms with E-state index in [1.165, 1.54) is 23.9 Å². The molecule has 1 amide bonds. The fraction of sp³-hybridized carbons (Fsp3) is 0.0769. The molecule has 1 aliphatic heterocycles. The number of hydrogen-bond acceptors (Lipinski definition) is 3. The molecule has 0 saturated carbocycles. The van der Waals surface area contributed by atoms with E-state index in [2.05, 4.69) is 4.57 Å². The van der Waals surface area contributed by atoms with Crippen LogP contribution in [0.2, 0.25) is 0 Å². The number of anilines is 1. The molecule has 6 heteroatoms. The lowest BCUT2D eigenvalue weighted by Crippen LogP contribution is -2.27. The quantitative estimate of drug-likeness (QED) is 0.256. The van der Waals surface area contributed by atoms with Gasteiger partial charge in [-0.05, 0) is 54.5 Å². The Hall–Kier alpha value is -3.22. The van der Waals surface area contributed by atoms with E-state index in [1.807, 2.05) is 67.7 Å². The van der Waals surface area contributed by atoms with Crippen molar-refractivity contribution in [3.8, 4) is 0 Å². The zero-order valence-corrected chi connectivity index (χ0v) is 18.9. The summed E-state index contributed by atoms with van der Waals surface area (Å²) in [6.45, 7) is 2.60. The van der Waals surface area contributed by atoms with Gasteiger partial charge in [-0.3, -0.25) is 9.69 Å². The molecule has 3 nitrogen and oxygen atoms in total. The molecule has 3 aromatic carbocycles. The van der Waals surface area contributed by atoms with Gasteiger partial charge in [-0.2, -0.15) is 0 Å². The first-order valence-electron chi connectivity index (χ1n) is 10.2. The Labute approximate surface area is 195 Å². The highest BCUT2D eigenvalue weighted by Crippen LogP contribution is 2.37. The third kappa shape index (κ3) is 3.87. The Kier molecular flexibility index (Phi) is 5.41. The lowest BCUT2D eigenvalue weighted by Gasteiger charge is -2.14. The Morgan fingerprint density at radius 2 is 1.81 bits per heavy atom. The second-order valence-corrected chi connectivity index (χ2v) is 9.39. The summed E-state index contributed by atoms with van der Waals surface area (Å²) in [5, 5.41) is 1.05. The lowest BCUT2D eigenvalue weighted by atomic mass is 10.1. The SMILES string of the molecule is Cc1cccc(N2C(=O)/C(=C\c3cn(Cc4ccc(F)cc4)c4ccccc34)SC2=S)c1. The van der Waals surface area contributed by atoms with E-state index >= 15 is 0 Å². The molecule has 2 heterocycles. The van der Waals surface area contributed by atoms with Gasteiger partial charge in [0.15, 0.2) is 4.32 Å². The van der Waals surface area contributed by atoms with Gasteiger partial charge in [0.25, 0.3) is 5.91 Å². The number of halogens is 1. The van der Waals surface area contributed by atoms with Crippen molar-refractivity contribution >= 4 is 56.9 Å². The van der Waals surface area contributed by atoms with Crippen molar-refractivity contribution < 1.29 is 9.18 Å². The van der Waals surface area contributed by atoms with Gasteiger partial charge in [-0.1, -0.05) is 66.4 Å². The number of carbonyl (C=O) groups is 1. The van der Waals surface area contributed by atoms with Gasteiger partial charge in [0.2, 0.25) is 0 Å². The number of fused-ring (bicyclic) bond motifs is 1. The molecular weight excluding hydrogens is 439 g/mol. The number of amides is 1. The van der Waals surface area contributed by atoms with Crippen LogP contribution in [-0.2, 0) is 11.3 Å². The van der Waals surface area contributed by atoms with E-state index in [-0.39, 0.29) is 11.7 Å². The van der Waals surface area contributed by atoms with Crippen LogP contribution in [-0.4, -0.2) is 14.8 Å². The molecule has 1 fully saturated rings. The van der Waals surface area contributed by atoms with E-state index < -0.39 is 0 Å². The minimum atomic E-state index is -0.248. The monoisotopic (exact) mass is 458 g/mol. The second-order valence-electron chi connectivity index (χ2n) is 7.71. The summed E-state index contributed by atoms with van der Waals surface area (Å²) >= 11 is 6.84. The second kappa shape index (κ2) is 8.37. The minimum absolute atomic E-state index is 0.110. The summed E-state index contributed by atoms with van der Waals surface area (Å²) in [5.74, 6) is -0.358. The van der Waals surface area contributed by atoms with Crippen LogP contribution in [0.25, 0.3) is 17.0 Å². The van der Waals surface area contributed by atoms with Crippen molar-refractivity contribution in [2.24, 2.45) is 0 Å².